The zero-order chi connectivity index (χ0) is 15.1. The zero-order valence-corrected chi connectivity index (χ0v) is 15.4. The van der Waals surface area contributed by atoms with Gasteiger partial charge in [-0.1, -0.05) is 24.3 Å². The number of rotatable bonds is 6. The van der Waals surface area contributed by atoms with E-state index in [1.165, 1.54) is 10.5 Å². The van der Waals surface area contributed by atoms with Gasteiger partial charge >= 0.3 is 0 Å². The lowest BCUT2D eigenvalue weighted by Gasteiger charge is -2.07. The number of hydrogen-bond acceptors (Lipinski definition) is 3. The average molecular weight is 429 g/mol. The lowest BCUT2D eigenvalue weighted by molar-refractivity contribution is -0.113. The van der Waals surface area contributed by atoms with Crippen LogP contribution in [0, 0.1) is 3.57 Å². The first-order valence-corrected chi connectivity index (χ1v) is 9.90. The Labute approximate surface area is 147 Å². The van der Waals surface area contributed by atoms with E-state index in [1.807, 2.05) is 24.3 Å². The lowest BCUT2D eigenvalue weighted by Crippen LogP contribution is -2.14. The Kier molecular flexibility index (Phi) is 6.92. The topological polar surface area (TPSA) is 29.1 Å². The molecule has 0 unspecified atom stereocenters. The quantitative estimate of drug-likeness (QED) is 0.524. The second kappa shape index (κ2) is 8.70. The minimum atomic E-state index is 0.0462. The highest BCUT2D eigenvalue weighted by Gasteiger charge is 2.05. The predicted octanol–water partition coefficient (Wildman–Crippen LogP) is 4.89. The molecule has 21 heavy (non-hydrogen) atoms. The summed E-state index contributed by atoms with van der Waals surface area (Å²) in [7, 11) is 0. The van der Waals surface area contributed by atoms with Gasteiger partial charge in [0.15, 0.2) is 0 Å². The third-order valence-electron chi connectivity index (χ3n) is 2.81. The summed E-state index contributed by atoms with van der Waals surface area (Å²) < 4.78 is 1.06. The van der Waals surface area contributed by atoms with Crippen LogP contribution in [0.25, 0.3) is 0 Å². The van der Waals surface area contributed by atoms with Crippen molar-refractivity contribution in [1.29, 1.82) is 0 Å². The van der Waals surface area contributed by atoms with Crippen molar-refractivity contribution in [1.82, 2.24) is 0 Å². The molecule has 0 saturated carbocycles. The van der Waals surface area contributed by atoms with Gasteiger partial charge in [0.1, 0.15) is 0 Å². The molecule has 5 heteroatoms. The van der Waals surface area contributed by atoms with Crippen molar-refractivity contribution in [2.75, 3.05) is 17.3 Å². The molecule has 0 atom stereocenters. The summed E-state index contributed by atoms with van der Waals surface area (Å²) in [4.78, 5) is 13.2. The number of benzene rings is 2. The third-order valence-corrected chi connectivity index (χ3v) is 5.50. The van der Waals surface area contributed by atoms with Gasteiger partial charge in [0.05, 0.1) is 11.4 Å². The van der Waals surface area contributed by atoms with Gasteiger partial charge in [0, 0.05) is 14.2 Å². The van der Waals surface area contributed by atoms with Crippen molar-refractivity contribution in [3.8, 4) is 0 Å². The van der Waals surface area contributed by atoms with Crippen LogP contribution in [0.5, 0.6) is 0 Å². The second-order valence-electron chi connectivity index (χ2n) is 4.37. The molecular weight excluding hydrogens is 413 g/mol. The van der Waals surface area contributed by atoms with Gasteiger partial charge in [-0.3, -0.25) is 4.79 Å². The normalized spacial score (nSPS) is 10.4. The number of carbonyl (C=O) groups excluding carboxylic acids is 1. The largest absolute Gasteiger partial charge is 0.324 e. The molecule has 0 aliphatic heterocycles. The Balaban J connectivity index is 1.77. The highest BCUT2D eigenvalue weighted by atomic mass is 127. The van der Waals surface area contributed by atoms with Crippen LogP contribution in [0.3, 0.4) is 0 Å². The van der Waals surface area contributed by atoms with Gasteiger partial charge in [-0.05, 0) is 58.7 Å². The first-order chi connectivity index (χ1) is 10.2. The molecule has 2 aromatic rings. The van der Waals surface area contributed by atoms with E-state index < -0.39 is 0 Å². The number of carbonyl (C=O) groups is 1. The minimum Gasteiger partial charge on any atom is -0.324 e. The van der Waals surface area contributed by atoms with Crippen LogP contribution in [0.2, 0.25) is 0 Å². The van der Waals surface area contributed by atoms with Crippen LogP contribution in [0.15, 0.2) is 53.4 Å². The number of nitrogens with one attached hydrogen (secondary N) is 1. The van der Waals surface area contributed by atoms with Crippen LogP contribution in [-0.4, -0.2) is 17.9 Å². The van der Waals surface area contributed by atoms with E-state index in [0.717, 1.165) is 15.0 Å². The first kappa shape index (κ1) is 16.7. The number of anilines is 1. The summed E-state index contributed by atoms with van der Waals surface area (Å²) in [6.07, 6.45) is 2.07. The molecule has 0 radical (unpaired) electrons. The molecule has 0 fully saturated rings. The van der Waals surface area contributed by atoms with Crippen LogP contribution in [-0.2, 0) is 10.5 Å². The Hall–Kier alpha value is -0.660. The van der Waals surface area contributed by atoms with Crippen molar-refractivity contribution < 1.29 is 4.79 Å². The molecule has 2 aromatic carbocycles. The molecule has 1 N–H and O–H groups in total. The van der Waals surface area contributed by atoms with Crippen LogP contribution in [0.4, 0.5) is 5.69 Å². The number of hydrogen-bond donors (Lipinski definition) is 1. The lowest BCUT2D eigenvalue weighted by atomic mass is 10.2. The van der Waals surface area contributed by atoms with Crippen molar-refractivity contribution in [3.63, 3.8) is 0 Å². The highest BCUT2D eigenvalue weighted by Crippen LogP contribution is 2.20. The van der Waals surface area contributed by atoms with Crippen molar-refractivity contribution >= 4 is 57.7 Å². The standard InChI is InChI=1S/C16H16INOS2/c1-20-13-8-6-12(7-9-13)10-21-11-16(19)18-15-5-3-2-4-14(15)17/h2-9H,10-11H2,1H3,(H,18,19). The van der Waals surface area contributed by atoms with Gasteiger partial charge in [0.2, 0.25) is 5.91 Å². The van der Waals surface area contributed by atoms with Gasteiger partial charge in [-0.25, -0.2) is 0 Å². The Bertz CT molecular complexity index is 601. The minimum absolute atomic E-state index is 0.0462. The fraction of sp³-hybridized carbons (Fsp3) is 0.188. The van der Waals surface area contributed by atoms with E-state index in [2.05, 4.69) is 58.4 Å². The smallest absolute Gasteiger partial charge is 0.234 e. The number of thioether (sulfide) groups is 2. The van der Waals surface area contributed by atoms with Crippen LogP contribution >= 0.6 is 46.1 Å². The van der Waals surface area contributed by atoms with E-state index in [-0.39, 0.29) is 5.91 Å². The molecule has 0 aliphatic carbocycles. The average Bonchev–Trinajstić information content (AvgIpc) is 2.50. The molecule has 110 valence electrons. The fourth-order valence-electron chi connectivity index (χ4n) is 1.73. The molecule has 0 saturated heterocycles. The molecule has 2 rings (SSSR count). The summed E-state index contributed by atoms with van der Waals surface area (Å²) in [5, 5.41) is 2.94. The first-order valence-electron chi connectivity index (χ1n) is 6.44. The van der Waals surface area contributed by atoms with Crippen molar-refractivity contribution in [2.45, 2.75) is 10.6 Å². The summed E-state index contributed by atoms with van der Waals surface area (Å²) >= 11 is 5.59. The van der Waals surface area contributed by atoms with Gasteiger partial charge in [-0.15, -0.1) is 23.5 Å². The van der Waals surface area contributed by atoms with Gasteiger partial charge in [-0.2, -0.15) is 0 Å². The van der Waals surface area contributed by atoms with Gasteiger partial charge in [0.25, 0.3) is 0 Å². The molecular formula is C16H16INOS2. The summed E-state index contributed by atoms with van der Waals surface area (Å²) in [5.41, 5.74) is 2.13. The van der Waals surface area contributed by atoms with Crippen LogP contribution in [0.1, 0.15) is 5.56 Å². The Morgan fingerprint density at radius 1 is 1.14 bits per heavy atom. The maximum Gasteiger partial charge on any atom is 0.234 e. The molecule has 0 aliphatic rings. The third kappa shape index (κ3) is 5.56. The zero-order valence-electron chi connectivity index (χ0n) is 11.6. The Morgan fingerprint density at radius 3 is 2.52 bits per heavy atom. The SMILES string of the molecule is CSc1ccc(CSCC(=O)Nc2ccccc2I)cc1. The van der Waals surface area contributed by atoms with E-state index in [1.54, 1.807) is 23.5 Å². The van der Waals surface area contributed by atoms with E-state index in [9.17, 15) is 4.79 Å². The summed E-state index contributed by atoms with van der Waals surface area (Å²) in [6.45, 7) is 0. The van der Waals surface area contributed by atoms with E-state index in [0.29, 0.717) is 5.75 Å². The van der Waals surface area contributed by atoms with E-state index >= 15 is 0 Å². The number of para-hydroxylation sites is 1. The molecule has 0 heterocycles. The summed E-state index contributed by atoms with van der Waals surface area (Å²) in [6, 6.07) is 16.3. The maximum atomic E-state index is 11.9. The molecule has 0 bridgehead atoms. The van der Waals surface area contributed by atoms with Crippen LogP contribution < -0.4 is 5.32 Å². The van der Waals surface area contributed by atoms with Gasteiger partial charge < -0.3 is 5.32 Å². The summed E-state index contributed by atoms with van der Waals surface area (Å²) in [5.74, 6) is 1.37. The molecule has 0 spiro atoms. The predicted molar refractivity (Wildman–Crippen MR) is 102 cm³/mol. The monoisotopic (exact) mass is 429 g/mol. The Morgan fingerprint density at radius 2 is 1.86 bits per heavy atom. The van der Waals surface area contributed by atoms with Crippen molar-refractivity contribution in [2.24, 2.45) is 0 Å². The molecule has 2 nitrogen and oxygen atoms in total. The number of amides is 1. The second-order valence-corrected chi connectivity index (χ2v) is 7.40. The number of halogens is 1. The molecule has 0 aromatic heterocycles. The van der Waals surface area contributed by atoms with E-state index in [4.69, 9.17) is 0 Å². The fourth-order valence-corrected chi connectivity index (χ4v) is 3.45. The highest BCUT2D eigenvalue weighted by molar-refractivity contribution is 14.1. The maximum absolute atomic E-state index is 11.9. The van der Waals surface area contributed by atoms with Crippen molar-refractivity contribution in [3.05, 3.63) is 57.7 Å². The molecule has 1 amide bonds.